The van der Waals surface area contributed by atoms with Gasteiger partial charge in [0.1, 0.15) is 4.21 Å². The van der Waals surface area contributed by atoms with Crippen LogP contribution in [0, 0.1) is 0 Å². The molecule has 0 aromatic carbocycles. The quantitative estimate of drug-likeness (QED) is 0.645. The fourth-order valence-electron chi connectivity index (χ4n) is 4.26. The Morgan fingerprint density at radius 1 is 1.27 bits per heavy atom. The highest BCUT2D eigenvalue weighted by Gasteiger charge is 2.32. The van der Waals surface area contributed by atoms with Gasteiger partial charge in [0.25, 0.3) is 0 Å². The number of thiophene rings is 1. The van der Waals surface area contributed by atoms with Gasteiger partial charge in [0.2, 0.25) is 0 Å². The van der Waals surface area contributed by atoms with Crippen molar-refractivity contribution >= 4 is 33.0 Å². The normalized spacial score (nSPS) is 22.3. The third kappa shape index (κ3) is 3.79. The second-order valence-electron chi connectivity index (χ2n) is 8.90. The van der Waals surface area contributed by atoms with E-state index in [1.807, 2.05) is 0 Å². The number of hydrogen-bond acceptors (Lipinski definition) is 5. The number of hydrogen-bond donors (Lipinski definition) is 3. The van der Waals surface area contributed by atoms with Crippen molar-refractivity contribution in [2.75, 3.05) is 5.32 Å². The number of rotatable bonds is 3. The number of amides is 2. The van der Waals surface area contributed by atoms with Crippen molar-refractivity contribution in [1.29, 1.82) is 0 Å². The number of pyridine rings is 1. The maximum Gasteiger partial charge on any atom is 0.354 e. The van der Waals surface area contributed by atoms with Gasteiger partial charge >= 0.3 is 6.03 Å². The molecular formula is C21H28N4O3S2. The van der Waals surface area contributed by atoms with Crippen LogP contribution in [0.4, 0.5) is 10.5 Å². The zero-order valence-corrected chi connectivity index (χ0v) is 19.3. The molecule has 2 aromatic heterocycles. The maximum absolute atomic E-state index is 13.0. The van der Waals surface area contributed by atoms with Gasteiger partial charge in [-0.15, -0.1) is 15.7 Å². The summed E-state index contributed by atoms with van der Waals surface area (Å²) in [6.07, 6.45) is 3.72. The van der Waals surface area contributed by atoms with Gasteiger partial charge in [0.05, 0.1) is 11.3 Å². The summed E-state index contributed by atoms with van der Waals surface area (Å²) in [4.78, 5) is 17.7. The predicted octanol–water partition coefficient (Wildman–Crippen LogP) is 4.40. The lowest BCUT2D eigenvalue weighted by Crippen LogP contribution is -2.19. The number of nitrogens with two attached hydrogens (primary N) is 1. The van der Waals surface area contributed by atoms with Crippen molar-refractivity contribution in [1.82, 2.24) is 4.98 Å². The van der Waals surface area contributed by atoms with E-state index in [1.54, 1.807) is 25.3 Å². The van der Waals surface area contributed by atoms with Crippen LogP contribution in [0.3, 0.4) is 0 Å². The molecule has 2 aliphatic rings. The number of anilines is 1. The van der Waals surface area contributed by atoms with Gasteiger partial charge in [-0.1, -0.05) is 13.8 Å². The van der Waals surface area contributed by atoms with Crippen LogP contribution < -0.4 is 10.5 Å². The number of fused-ring (bicyclic) bond motifs is 2. The molecule has 2 aromatic rings. The Hall–Kier alpha value is -1.81. The van der Waals surface area contributed by atoms with Crippen molar-refractivity contribution in [3.63, 3.8) is 0 Å². The van der Waals surface area contributed by atoms with Gasteiger partial charge in [-0.25, -0.2) is 14.1 Å². The molecule has 0 saturated heterocycles. The highest BCUT2D eigenvalue weighted by molar-refractivity contribution is 7.93. The Balaban J connectivity index is 1.68. The van der Waals surface area contributed by atoms with Crippen LogP contribution >= 0.6 is 11.3 Å². The smallest absolute Gasteiger partial charge is 0.354 e. The molecule has 4 rings (SSSR count). The Bertz CT molecular complexity index is 1100. The third-order valence-corrected chi connectivity index (χ3v) is 8.93. The molecule has 0 spiro atoms. The van der Waals surface area contributed by atoms with E-state index in [0.717, 1.165) is 65.2 Å². The van der Waals surface area contributed by atoms with E-state index < -0.39 is 21.5 Å². The molecule has 7 nitrogen and oxygen atoms in total. The largest absolute Gasteiger partial charge is 0.386 e. The number of carbonyl (C=O) groups is 1. The lowest BCUT2D eigenvalue weighted by atomic mass is 10.0. The van der Waals surface area contributed by atoms with Gasteiger partial charge < -0.3 is 10.4 Å². The van der Waals surface area contributed by atoms with E-state index in [0.29, 0.717) is 17.4 Å². The van der Waals surface area contributed by atoms with Gasteiger partial charge in [-0.3, -0.25) is 4.98 Å². The van der Waals surface area contributed by atoms with Crippen molar-refractivity contribution in [2.24, 2.45) is 9.50 Å². The van der Waals surface area contributed by atoms with Gasteiger partial charge in [-0.05, 0) is 79.5 Å². The first kappa shape index (κ1) is 21.4. The van der Waals surface area contributed by atoms with Crippen LogP contribution in [0.1, 0.15) is 80.5 Å². The first-order valence-corrected chi connectivity index (χ1v) is 12.7. The van der Waals surface area contributed by atoms with Crippen molar-refractivity contribution in [3.8, 4) is 0 Å². The zero-order valence-electron chi connectivity index (χ0n) is 17.7. The standard InChI is InChI=1S/C21H28N4O3S2/c1-11-5-7-14-17(11)23-18-12(2)6-8-15(18)19(14)24-20(26)25-30(22,28)16-9-13(10-29-16)21(3,4)27/h9-12,27H,5-8H2,1-4H3,(H3,22,23,24,25,26,28)/t11-,12-,30+/m0/s1. The summed E-state index contributed by atoms with van der Waals surface area (Å²) in [6.45, 7) is 7.58. The minimum Gasteiger partial charge on any atom is -0.386 e. The molecule has 4 N–H and O–H groups in total. The van der Waals surface area contributed by atoms with Crippen LogP contribution in [0.5, 0.6) is 0 Å². The molecule has 30 heavy (non-hydrogen) atoms. The van der Waals surface area contributed by atoms with E-state index >= 15 is 0 Å². The second kappa shape index (κ2) is 7.40. The summed E-state index contributed by atoms with van der Waals surface area (Å²) in [6, 6.07) is 0.838. The fourth-order valence-corrected chi connectivity index (χ4v) is 6.54. The van der Waals surface area contributed by atoms with Crippen LogP contribution in [-0.4, -0.2) is 20.3 Å². The average Bonchev–Trinajstić information content (AvgIpc) is 3.35. The topological polar surface area (TPSA) is 118 Å². The predicted molar refractivity (Wildman–Crippen MR) is 119 cm³/mol. The molecule has 9 heteroatoms. The van der Waals surface area contributed by atoms with Crippen LogP contribution in [0.25, 0.3) is 0 Å². The molecule has 162 valence electrons. The number of aromatic nitrogens is 1. The van der Waals surface area contributed by atoms with Gasteiger partial charge in [-0.2, -0.15) is 0 Å². The minimum atomic E-state index is -3.41. The van der Waals surface area contributed by atoms with Crippen molar-refractivity contribution < 1.29 is 14.1 Å². The third-order valence-electron chi connectivity index (χ3n) is 6.07. The van der Waals surface area contributed by atoms with Crippen molar-refractivity contribution in [2.45, 2.75) is 75.0 Å². The highest BCUT2D eigenvalue weighted by atomic mass is 32.2. The molecular weight excluding hydrogens is 420 g/mol. The van der Waals surface area contributed by atoms with E-state index in [4.69, 9.17) is 10.1 Å². The number of carbonyl (C=O) groups excluding carboxylic acids is 1. The van der Waals surface area contributed by atoms with Crippen LogP contribution in [0.2, 0.25) is 0 Å². The number of nitrogens with zero attached hydrogens (tertiary/aromatic N) is 2. The van der Waals surface area contributed by atoms with E-state index in [-0.39, 0.29) is 4.21 Å². The summed E-state index contributed by atoms with van der Waals surface area (Å²) < 4.78 is 17.1. The zero-order chi connectivity index (χ0) is 21.8. The molecule has 0 fully saturated rings. The number of urea groups is 1. The summed E-state index contributed by atoms with van der Waals surface area (Å²) >= 11 is 1.13. The van der Waals surface area contributed by atoms with Crippen LogP contribution in [0.15, 0.2) is 20.0 Å². The summed E-state index contributed by atoms with van der Waals surface area (Å²) in [7, 11) is -3.41. The SMILES string of the molecule is C[C@H]1CCc2c1nc1c(c2NC(=O)N=[S@@](N)(=O)c2cc(C(C)(C)O)cs2)CC[C@@H]1C. The Labute approximate surface area is 181 Å². The average molecular weight is 449 g/mol. The van der Waals surface area contributed by atoms with Gasteiger partial charge in [0.15, 0.2) is 9.92 Å². The summed E-state index contributed by atoms with van der Waals surface area (Å²) in [5.41, 5.74) is 4.54. The molecule has 3 atom stereocenters. The molecule has 0 aliphatic heterocycles. The number of nitrogens with one attached hydrogen (secondary N) is 1. The molecule has 2 amide bonds. The van der Waals surface area contributed by atoms with Crippen LogP contribution in [-0.2, 0) is 28.4 Å². The molecule has 0 bridgehead atoms. The minimum absolute atomic E-state index is 0.266. The summed E-state index contributed by atoms with van der Waals surface area (Å²) in [5.74, 6) is 0.714. The molecule has 2 heterocycles. The molecule has 2 aliphatic carbocycles. The molecule has 0 saturated carbocycles. The Kier molecular flexibility index (Phi) is 5.29. The first-order chi connectivity index (χ1) is 14.0. The molecule has 0 unspecified atom stereocenters. The maximum atomic E-state index is 13.0. The van der Waals surface area contributed by atoms with E-state index in [2.05, 4.69) is 23.5 Å². The van der Waals surface area contributed by atoms with E-state index in [9.17, 15) is 14.1 Å². The highest BCUT2D eigenvalue weighted by Crippen LogP contribution is 2.44. The summed E-state index contributed by atoms with van der Waals surface area (Å²) in [5, 5.41) is 20.6. The lowest BCUT2D eigenvalue weighted by molar-refractivity contribution is 0.0789. The Morgan fingerprint density at radius 2 is 1.83 bits per heavy atom. The van der Waals surface area contributed by atoms with Gasteiger partial charge in [0, 0.05) is 11.4 Å². The molecule has 0 radical (unpaired) electrons. The number of aliphatic hydroxyl groups is 1. The lowest BCUT2D eigenvalue weighted by Gasteiger charge is -2.16. The monoisotopic (exact) mass is 448 g/mol. The Morgan fingerprint density at radius 3 is 2.33 bits per heavy atom. The van der Waals surface area contributed by atoms with E-state index in [1.165, 1.54) is 0 Å². The second-order valence-corrected chi connectivity index (χ2v) is 11.8. The fraction of sp³-hybridized carbons (Fsp3) is 0.524. The van der Waals surface area contributed by atoms with Crippen molar-refractivity contribution in [3.05, 3.63) is 39.5 Å². The first-order valence-electron chi connectivity index (χ1n) is 10.2.